The van der Waals surface area contributed by atoms with E-state index in [-0.39, 0.29) is 11.5 Å². The highest BCUT2D eigenvalue weighted by atomic mass is 16.5. The number of nitrogens with zero attached hydrogens (tertiary/aromatic N) is 4. The normalized spacial score (nSPS) is 15.0. The second kappa shape index (κ2) is 7.83. The Morgan fingerprint density at radius 2 is 1.76 bits per heavy atom. The summed E-state index contributed by atoms with van der Waals surface area (Å²) in [6.45, 7) is 0. The topological polar surface area (TPSA) is 119 Å². The van der Waals surface area contributed by atoms with Crippen LogP contribution in [0.3, 0.4) is 0 Å². The average Bonchev–Trinajstić information content (AvgIpc) is 3.64. The highest BCUT2D eigenvalue weighted by Gasteiger charge is 2.40. The molecule has 5 aromatic rings. The summed E-state index contributed by atoms with van der Waals surface area (Å²) in [6, 6.07) is 25.3. The van der Waals surface area contributed by atoms with Crippen molar-refractivity contribution in [1.82, 2.24) is 20.0 Å². The fourth-order valence-corrected chi connectivity index (χ4v) is 4.34. The number of ether oxygens (including phenoxy) is 1. The molecule has 4 heterocycles. The number of H-pyrrole nitrogens is 1. The van der Waals surface area contributed by atoms with E-state index in [9.17, 15) is 5.26 Å². The van der Waals surface area contributed by atoms with Gasteiger partial charge in [0, 0.05) is 5.56 Å². The van der Waals surface area contributed by atoms with Gasteiger partial charge < -0.3 is 14.9 Å². The van der Waals surface area contributed by atoms with Gasteiger partial charge in [-0.1, -0.05) is 48.5 Å². The van der Waals surface area contributed by atoms with Crippen LogP contribution in [0.4, 0.5) is 0 Å². The molecule has 3 N–H and O–H groups in total. The molecule has 0 spiro atoms. The van der Waals surface area contributed by atoms with Crippen molar-refractivity contribution >= 4 is 0 Å². The zero-order valence-electron chi connectivity index (χ0n) is 17.8. The number of nitrogens with one attached hydrogen (secondary N) is 1. The van der Waals surface area contributed by atoms with Gasteiger partial charge in [-0.15, -0.1) is 0 Å². The molecular formula is C26H18N6O2. The van der Waals surface area contributed by atoms with Crippen LogP contribution in [0, 0.1) is 11.3 Å². The van der Waals surface area contributed by atoms with Gasteiger partial charge in [0.1, 0.15) is 17.3 Å². The van der Waals surface area contributed by atoms with Crippen molar-refractivity contribution in [2.24, 2.45) is 5.73 Å². The van der Waals surface area contributed by atoms with Crippen LogP contribution in [0.1, 0.15) is 17.0 Å². The van der Waals surface area contributed by atoms with Crippen molar-refractivity contribution in [1.29, 1.82) is 5.26 Å². The minimum atomic E-state index is -0.569. The van der Waals surface area contributed by atoms with E-state index in [2.05, 4.69) is 16.3 Å². The third-order valence-corrected chi connectivity index (χ3v) is 5.85. The standard InChI is InChI=1S/C26H18N6O2/c27-14-18-21(19-15-29-30-23(19)16-8-3-1-4-9-16)22-24(20-12-7-13-33-20)31-32(26(22)34-25(18)28)17-10-5-2-6-11-17/h1-13,15,21H,28H2,(H,29,30)/t21-/m1/s1. The largest absolute Gasteiger partial charge is 0.463 e. The number of benzene rings is 2. The van der Waals surface area contributed by atoms with Gasteiger partial charge in [0.15, 0.2) is 5.76 Å². The van der Waals surface area contributed by atoms with E-state index in [0.29, 0.717) is 22.9 Å². The second-order valence-corrected chi connectivity index (χ2v) is 7.78. The molecule has 1 aliphatic heterocycles. The van der Waals surface area contributed by atoms with Crippen molar-refractivity contribution in [2.45, 2.75) is 5.92 Å². The number of nitrogens with two attached hydrogens (primary N) is 1. The fraction of sp³-hybridized carbons (Fsp3) is 0.0385. The van der Waals surface area contributed by atoms with Crippen molar-refractivity contribution in [2.75, 3.05) is 0 Å². The minimum absolute atomic E-state index is 0.0308. The summed E-state index contributed by atoms with van der Waals surface area (Å²) >= 11 is 0. The molecule has 0 fully saturated rings. The first kappa shape index (κ1) is 19.6. The van der Waals surface area contributed by atoms with Crippen LogP contribution in [-0.4, -0.2) is 20.0 Å². The fourth-order valence-electron chi connectivity index (χ4n) is 4.34. The van der Waals surface area contributed by atoms with Crippen molar-refractivity contribution in [3.8, 4) is 40.3 Å². The third-order valence-electron chi connectivity index (χ3n) is 5.85. The molecule has 0 radical (unpaired) electrons. The van der Waals surface area contributed by atoms with Gasteiger partial charge in [-0.25, -0.2) is 0 Å². The number of para-hydroxylation sites is 1. The summed E-state index contributed by atoms with van der Waals surface area (Å²) in [5, 5.41) is 22.4. The maximum atomic E-state index is 10.1. The Balaban J connectivity index is 1.65. The highest BCUT2D eigenvalue weighted by Crippen LogP contribution is 2.49. The molecule has 0 saturated heterocycles. The Bertz CT molecular complexity index is 1540. The molecule has 164 valence electrons. The highest BCUT2D eigenvalue weighted by molar-refractivity contribution is 5.73. The predicted molar refractivity (Wildman–Crippen MR) is 125 cm³/mol. The van der Waals surface area contributed by atoms with Gasteiger partial charge >= 0.3 is 0 Å². The van der Waals surface area contributed by atoms with Crippen LogP contribution < -0.4 is 10.5 Å². The molecule has 6 rings (SSSR count). The lowest BCUT2D eigenvalue weighted by molar-refractivity contribution is 0.367. The average molecular weight is 446 g/mol. The second-order valence-electron chi connectivity index (χ2n) is 7.78. The molecule has 0 bridgehead atoms. The zero-order chi connectivity index (χ0) is 23.1. The maximum Gasteiger partial charge on any atom is 0.229 e. The van der Waals surface area contributed by atoms with Crippen LogP contribution in [-0.2, 0) is 0 Å². The van der Waals surface area contributed by atoms with Crippen molar-refractivity contribution in [3.63, 3.8) is 0 Å². The number of allylic oxidation sites excluding steroid dienone is 1. The van der Waals surface area contributed by atoms with Gasteiger partial charge in [0.05, 0.1) is 35.3 Å². The van der Waals surface area contributed by atoms with Gasteiger partial charge in [-0.05, 0) is 29.8 Å². The Morgan fingerprint density at radius 3 is 2.47 bits per heavy atom. The lowest BCUT2D eigenvalue weighted by Crippen LogP contribution is -2.22. The summed E-state index contributed by atoms with van der Waals surface area (Å²) in [6.07, 6.45) is 3.31. The summed E-state index contributed by atoms with van der Waals surface area (Å²) < 4.78 is 13.4. The number of furan rings is 1. The number of rotatable bonds is 4. The molecule has 0 aliphatic carbocycles. The molecule has 0 amide bonds. The van der Waals surface area contributed by atoms with E-state index in [1.807, 2.05) is 66.7 Å². The summed E-state index contributed by atoms with van der Waals surface area (Å²) in [7, 11) is 0. The molecule has 34 heavy (non-hydrogen) atoms. The Kier molecular flexibility index (Phi) is 4.52. The SMILES string of the molecule is N#CC1=C(N)Oc2c(c(-c3ccco3)nn2-c2ccccc2)[C@H]1c1cn[nH]c1-c1ccccc1. The molecule has 3 aromatic heterocycles. The molecule has 8 nitrogen and oxygen atoms in total. The van der Waals surface area contributed by atoms with E-state index in [4.69, 9.17) is 20.0 Å². The van der Waals surface area contributed by atoms with E-state index >= 15 is 0 Å². The summed E-state index contributed by atoms with van der Waals surface area (Å²) in [5.41, 5.74) is 11.1. The Labute approximate surface area is 194 Å². The van der Waals surface area contributed by atoms with E-state index < -0.39 is 5.92 Å². The molecule has 8 heteroatoms. The molecule has 1 aliphatic rings. The van der Waals surface area contributed by atoms with Gasteiger partial charge in [0.2, 0.25) is 11.8 Å². The van der Waals surface area contributed by atoms with Crippen LogP contribution in [0.2, 0.25) is 0 Å². The van der Waals surface area contributed by atoms with Crippen molar-refractivity contribution < 1.29 is 9.15 Å². The first-order valence-corrected chi connectivity index (χ1v) is 10.6. The first-order valence-electron chi connectivity index (χ1n) is 10.6. The van der Waals surface area contributed by atoms with Gasteiger partial charge in [-0.2, -0.15) is 20.1 Å². The smallest absolute Gasteiger partial charge is 0.229 e. The molecule has 0 unspecified atom stereocenters. The lowest BCUT2D eigenvalue weighted by atomic mass is 9.83. The minimum Gasteiger partial charge on any atom is -0.463 e. The molecule has 2 aromatic carbocycles. The molecule has 1 atom stereocenters. The van der Waals surface area contributed by atoms with Crippen molar-refractivity contribution in [3.05, 3.63) is 108 Å². The number of fused-ring (bicyclic) bond motifs is 1. The third kappa shape index (κ3) is 2.99. The summed E-state index contributed by atoms with van der Waals surface area (Å²) in [5.74, 6) is 0.449. The Hall–Kier alpha value is -5.03. The first-order chi connectivity index (χ1) is 16.8. The van der Waals surface area contributed by atoms with E-state index in [1.54, 1.807) is 23.2 Å². The van der Waals surface area contributed by atoms with E-state index in [1.165, 1.54) is 0 Å². The number of hydrogen-bond acceptors (Lipinski definition) is 6. The Morgan fingerprint density at radius 1 is 1.00 bits per heavy atom. The quantitative estimate of drug-likeness (QED) is 0.412. The maximum absolute atomic E-state index is 10.1. The monoisotopic (exact) mass is 446 g/mol. The molecular weight excluding hydrogens is 428 g/mol. The zero-order valence-corrected chi connectivity index (χ0v) is 17.8. The van der Waals surface area contributed by atoms with Crippen LogP contribution in [0.25, 0.3) is 28.4 Å². The molecule has 0 saturated carbocycles. The van der Waals surface area contributed by atoms with Gasteiger partial charge in [0.25, 0.3) is 0 Å². The number of hydrogen-bond donors (Lipinski definition) is 2. The number of aromatic amines is 1. The van der Waals surface area contributed by atoms with Crippen LogP contribution in [0.15, 0.2) is 101 Å². The number of aromatic nitrogens is 4. The predicted octanol–water partition coefficient (Wildman–Crippen LogP) is 4.74. The number of nitriles is 1. The van der Waals surface area contributed by atoms with Gasteiger partial charge in [-0.3, -0.25) is 5.10 Å². The van der Waals surface area contributed by atoms with E-state index in [0.717, 1.165) is 22.5 Å². The van der Waals surface area contributed by atoms with Crippen LogP contribution >= 0.6 is 0 Å². The van der Waals surface area contributed by atoms with Crippen LogP contribution in [0.5, 0.6) is 5.88 Å². The lowest BCUT2D eigenvalue weighted by Gasteiger charge is -2.24. The summed E-state index contributed by atoms with van der Waals surface area (Å²) in [4.78, 5) is 0.